The highest BCUT2D eigenvalue weighted by Crippen LogP contribution is 2.31. The second kappa shape index (κ2) is 4.32. The molecule has 8 heteroatoms. The molecule has 17 heavy (non-hydrogen) atoms. The summed E-state index contributed by atoms with van der Waals surface area (Å²) in [5.74, 6) is -2.09. The van der Waals surface area contributed by atoms with Crippen LogP contribution in [-0.4, -0.2) is 13.4 Å². The van der Waals surface area contributed by atoms with Crippen LogP contribution in [-0.2, 0) is 9.05 Å². The molecule has 0 amide bonds. The molecule has 1 aromatic heterocycles. The van der Waals surface area contributed by atoms with E-state index in [0.29, 0.717) is 11.3 Å². The first-order chi connectivity index (χ1) is 7.89. The monoisotopic (exact) mass is 295 g/mol. The van der Waals surface area contributed by atoms with Gasteiger partial charge in [0.1, 0.15) is 5.01 Å². The summed E-state index contributed by atoms with van der Waals surface area (Å²) in [7, 11) is 1.20. The van der Waals surface area contributed by atoms with Gasteiger partial charge in [-0.15, -0.1) is 11.3 Å². The summed E-state index contributed by atoms with van der Waals surface area (Å²) in [6.07, 6.45) is 1.01. The summed E-state index contributed by atoms with van der Waals surface area (Å²) in [4.78, 5) is 3.70. The SMILES string of the molecule is O=S(=O)(Cl)c1cnc(-c2cccc(F)c2F)s1. The van der Waals surface area contributed by atoms with Crippen LogP contribution in [0.2, 0.25) is 0 Å². The Labute approximate surface area is 104 Å². The van der Waals surface area contributed by atoms with Crippen LogP contribution in [0.4, 0.5) is 8.78 Å². The van der Waals surface area contributed by atoms with E-state index in [4.69, 9.17) is 10.7 Å². The number of benzene rings is 1. The fourth-order valence-corrected chi connectivity index (χ4v) is 3.05. The van der Waals surface area contributed by atoms with Gasteiger partial charge >= 0.3 is 0 Å². The molecule has 0 aliphatic heterocycles. The maximum absolute atomic E-state index is 13.4. The Balaban J connectivity index is 2.55. The summed E-state index contributed by atoms with van der Waals surface area (Å²) >= 11 is 0.678. The number of hydrogen-bond acceptors (Lipinski definition) is 4. The van der Waals surface area contributed by atoms with E-state index in [1.165, 1.54) is 12.1 Å². The minimum Gasteiger partial charge on any atom is -0.243 e. The van der Waals surface area contributed by atoms with E-state index in [2.05, 4.69) is 4.98 Å². The molecule has 0 unspecified atom stereocenters. The van der Waals surface area contributed by atoms with Gasteiger partial charge in [-0.25, -0.2) is 22.2 Å². The smallest absolute Gasteiger partial charge is 0.243 e. The van der Waals surface area contributed by atoms with Crippen molar-refractivity contribution in [2.24, 2.45) is 0 Å². The first-order valence-electron chi connectivity index (χ1n) is 4.24. The van der Waals surface area contributed by atoms with E-state index in [1.54, 1.807) is 0 Å². The van der Waals surface area contributed by atoms with Gasteiger partial charge in [0.05, 0.1) is 6.20 Å². The van der Waals surface area contributed by atoms with Crippen LogP contribution in [0.15, 0.2) is 28.6 Å². The average molecular weight is 296 g/mol. The van der Waals surface area contributed by atoms with E-state index in [1.807, 2.05) is 0 Å². The Bertz CT molecular complexity index is 669. The van der Waals surface area contributed by atoms with Crippen molar-refractivity contribution in [1.82, 2.24) is 4.98 Å². The summed E-state index contributed by atoms with van der Waals surface area (Å²) < 4.78 is 48.2. The quantitative estimate of drug-likeness (QED) is 0.800. The van der Waals surface area contributed by atoms with E-state index < -0.39 is 20.7 Å². The van der Waals surface area contributed by atoms with Crippen LogP contribution in [0.5, 0.6) is 0 Å². The molecule has 0 bridgehead atoms. The zero-order chi connectivity index (χ0) is 12.6. The molecule has 0 radical (unpaired) electrons. The number of halogens is 3. The number of rotatable bonds is 2. The standard InChI is InChI=1S/C9H4ClF2NO2S2/c10-17(14,15)7-4-13-9(16-7)5-2-1-3-6(11)8(5)12/h1-4H. The zero-order valence-corrected chi connectivity index (χ0v) is 10.4. The third-order valence-electron chi connectivity index (χ3n) is 1.91. The maximum Gasteiger partial charge on any atom is 0.272 e. The lowest BCUT2D eigenvalue weighted by Gasteiger charge is -1.98. The van der Waals surface area contributed by atoms with Gasteiger partial charge < -0.3 is 0 Å². The van der Waals surface area contributed by atoms with Gasteiger partial charge in [-0.2, -0.15) is 0 Å². The minimum absolute atomic E-state index is 0.0567. The number of thiazole rings is 1. The lowest BCUT2D eigenvalue weighted by molar-refractivity contribution is 0.511. The highest BCUT2D eigenvalue weighted by molar-refractivity contribution is 8.15. The van der Waals surface area contributed by atoms with Gasteiger partial charge in [-0.3, -0.25) is 0 Å². The van der Waals surface area contributed by atoms with Crippen molar-refractivity contribution in [3.05, 3.63) is 36.0 Å². The first-order valence-corrected chi connectivity index (χ1v) is 7.37. The number of hydrogen-bond donors (Lipinski definition) is 0. The van der Waals surface area contributed by atoms with E-state index in [0.717, 1.165) is 12.3 Å². The molecule has 1 aromatic carbocycles. The Morgan fingerprint density at radius 3 is 2.59 bits per heavy atom. The maximum atomic E-state index is 13.4. The fraction of sp³-hybridized carbons (Fsp3) is 0. The lowest BCUT2D eigenvalue weighted by Crippen LogP contribution is -1.87. The Morgan fingerprint density at radius 2 is 2.00 bits per heavy atom. The lowest BCUT2D eigenvalue weighted by atomic mass is 10.2. The summed E-state index contributed by atoms with van der Waals surface area (Å²) in [6, 6.07) is 3.58. The van der Waals surface area contributed by atoms with Crippen LogP contribution in [0.25, 0.3) is 10.6 Å². The van der Waals surface area contributed by atoms with Crippen molar-refractivity contribution in [2.75, 3.05) is 0 Å². The molecule has 0 spiro atoms. The Morgan fingerprint density at radius 1 is 1.29 bits per heavy atom. The van der Waals surface area contributed by atoms with Crippen molar-refractivity contribution in [3.8, 4) is 10.6 Å². The van der Waals surface area contributed by atoms with Crippen LogP contribution in [0, 0.1) is 11.6 Å². The molecular weight excluding hydrogens is 292 g/mol. The second-order valence-electron chi connectivity index (χ2n) is 3.02. The van der Waals surface area contributed by atoms with Gasteiger partial charge in [0.25, 0.3) is 9.05 Å². The molecule has 0 atom stereocenters. The van der Waals surface area contributed by atoms with Crippen molar-refractivity contribution < 1.29 is 17.2 Å². The molecule has 2 aromatic rings. The van der Waals surface area contributed by atoms with E-state index >= 15 is 0 Å². The summed E-state index contributed by atoms with van der Waals surface area (Å²) in [5, 5.41) is 0.0567. The third kappa shape index (κ3) is 2.46. The Kier molecular flexibility index (Phi) is 3.15. The van der Waals surface area contributed by atoms with E-state index in [-0.39, 0.29) is 14.8 Å². The van der Waals surface area contributed by atoms with Gasteiger partial charge in [-0.05, 0) is 12.1 Å². The van der Waals surface area contributed by atoms with Crippen LogP contribution >= 0.6 is 22.0 Å². The second-order valence-corrected chi connectivity index (χ2v) is 6.85. The topological polar surface area (TPSA) is 47.0 Å². The molecule has 0 saturated carbocycles. The van der Waals surface area contributed by atoms with Gasteiger partial charge in [0.15, 0.2) is 15.8 Å². The number of nitrogens with zero attached hydrogens (tertiary/aromatic N) is 1. The van der Waals surface area contributed by atoms with Crippen molar-refractivity contribution >= 4 is 31.1 Å². The predicted molar refractivity (Wildman–Crippen MR) is 60.5 cm³/mol. The molecule has 3 nitrogen and oxygen atoms in total. The molecule has 0 aliphatic rings. The van der Waals surface area contributed by atoms with Crippen LogP contribution in [0.1, 0.15) is 0 Å². The first kappa shape index (κ1) is 12.4. The zero-order valence-electron chi connectivity index (χ0n) is 8.02. The largest absolute Gasteiger partial charge is 0.272 e. The minimum atomic E-state index is -3.90. The number of aromatic nitrogens is 1. The third-order valence-corrected chi connectivity index (χ3v) is 5.00. The van der Waals surface area contributed by atoms with Crippen LogP contribution < -0.4 is 0 Å². The molecule has 0 fully saturated rings. The Hall–Kier alpha value is -1.05. The van der Waals surface area contributed by atoms with Gasteiger partial charge in [0.2, 0.25) is 0 Å². The summed E-state index contributed by atoms with van der Waals surface area (Å²) in [6.45, 7) is 0. The highest BCUT2D eigenvalue weighted by atomic mass is 35.7. The fourth-order valence-electron chi connectivity index (χ4n) is 1.17. The molecule has 0 aliphatic carbocycles. The predicted octanol–water partition coefficient (Wildman–Crippen LogP) is 3.02. The molecule has 0 N–H and O–H groups in total. The average Bonchev–Trinajstić information content (AvgIpc) is 2.70. The molecule has 0 saturated heterocycles. The van der Waals surface area contributed by atoms with Crippen molar-refractivity contribution in [3.63, 3.8) is 0 Å². The normalized spacial score (nSPS) is 11.7. The van der Waals surface area contributed by atoms with Gasteiger partial charge in [0, 0.05) is 16.2 Å². The summed E-state index contributed by atoms with van der Waals surface area (Å²) in [5.41, 5.74) is -0.0958. The van der Waals surface area contributed by atoms with Crippen LogP contribution in [0.3, 0.4) is 0 Å². The molecule has 1 heterocycles. The van der Waals surface area contributed by atoms with Crippen molar-refractivity contribution in [1.29, 1.82) is 0 Å². The van der Waals surface area contributed by atoms with Gasteiger partial charge in [-0.1, -0.05) is 6.07 Å². The van der Waals surface area contributed by atoms with E-state index in [9.17, 15) is 17.2 Å². The molecule has 90 valence electrons. The highest BCUT2D eigenvalue weighted by Gasteiger charge is 2.18. The molecule has 2 rings (SSSR count). The van der Waals surface area contributed by atoms with Crippen molar-refractivity contribution in [2.45, 2.75) is 4.21 Å². The molecular formula is C9H4ClF2NO2S2.